The molecule has 0 aliphatic rings. The van der Waals surface area contributed by atoms with Crippen molar-refractivity contribution in [3.05, 3.63) is 188 Å². The van der Waals surface area contributed by atoms with Crippen molar-refractivity contribution in [2.75, 3.05) is 0 Å². The van der Waals surface area contributed by atoms with Gasteiger partial charge in [0.1, 0.15) is 0 Å². The molecule has 0 radical (unpaired) electrons. The molecule has 238 valence electrons. The van der Waals surface area contributed by atoms with Crippen LogP contribution in [0.2, 0.25) is 0 Å². The summed E-state index contributed by atoms with van der Waals surface area (Å²) in [7, 11) is 0. The Bertz CT molecular complexity index is 3120. The zero-order valence-electron chi connectivity index (χ0n) is 27.7. The molecule has 0 unspecified atom stereocenters. The number of benzene rings is 8. The molecule has 11 rings (SSSR count). The third kappa shape index (κ3) is 4.06. The molecule has 3 aromatic heterocycles. The first-order chi connectivity index (χ1) is 25.3. The van der Waals surface area contributed by atoms with Gasteiger partial charge in [0.2, 0.25) is 0 Å². The minimum absolute atomic E-state index is 1.15. The van der Waals surface area contributed by atoms with Crippen LogP contribution in [0.4, 0.5) is 0 Å². The molecule has 0 atom stereocenters. The number of nitrogens with zero attached hydrogens (tertiary/aromatic N) is 3. The van der Waals surface area contributed by atoms with Gasteiger partial charge in [-0.2, -0.15) is 0 Å². The van der Waals surface area contributed by atoms with Crippen LogP contribution in [-0.4, -0.2) is 13.7 Å². The minimum Gasteiger partial charge on any atom is -0.309 e. The fraction of sp³-hybridized carbons (Fsp3) is 0. The smallest absolute Gasteiger partial charge is 0.0548 e. The average Bonchev–Trinajstić information content (AvgIpc) is 3.84. The summed E-state index contributed by atoms with van der Waals surface area (Å²) in [5.74, 6) is 0. The van der Waals surface area contributed by atoms with Crippen LogP contribution in [0.25, 0.3) is 93.6 Å². The van der Waals surface area contributed by atoms with Gasteiger partial charge in [0, 0.05) is 49.4 Å². The van der Waals surface area contributed by atoms with E-state index in [1.807, 2.05) is 0 Å². The summed E-state index contributed by atoms with van der Waals surface area (Å²) in [4.78, 5) is 0. The monoisotopic (exact) mass is 649 g/mol. The predicted octanol–water partition coefficient (Wildman–Crippen LogP) is 12.6. The molecular formula is C48H31N3. The van der Waals surface area contributed by atoms with Gasteiger partial charge < -0.3 is 13.7 Å². The fourth-order valence-corrected chi connectivity index (χ4v) is 8.48. The van der Waals surface area contributed by atoms with Gasteiger partial charge in [0.15, 0.2) is 0 Å². The molecule has 8 aromatic carbocycles. The maximum absolute atomic E-state index is 2.45. The Balaban J connectivity index is 1.14. The Morgan fingerprint density at radius 2 is 0.647 bits per heavy atom. The van der Waals surface area contributed by atoms with Gasteiger partial charge in [0.25, 0.3) is 0 Å². The van der Waals surface area contributed by atoms with Crippen LogP contribution >= 0.6 is 0 Å². The summed E-state index contributed by atoms with van der Waals surface area (Å²) < 4.78 is 7.22. The highest BCUT2D eigenvalue weighted by molar-refractivity contribution is 6.29. The van der Waals surface area contributed by atoms with Crippen LogP contribution in [0, 0.1) is 0 Å². The quantitative estimate of drug-likeness (QED) is 0.180. The van der Waals surface area contributed by atoms with Crippen molar-refractivity contribution >= 4 is 65.4 Å². The molecule has 0 aliphatic heterocycles. The number of aromatic nitrogens is 3. The second-order valence-corrected chi connectivity index (χ2v) is 13.4. The van der Waals surface area contributed by atoms with E-state index in [1.165, 1.54) is 87.9 Å². The SMILES string of the molecule is c1ccc(-n2c3ccccc3c3cc(-c4cccc(-n5c6ccccc6c6c7c8ccccc8n(-c8ccccc8)c7ccc65)c4)ccc32)cc1. The van der Waals surface area contributed by atoms with E-state index in [0.717, 1.165) is 5.69 Å². The molecule has 0 N–H and O–H groups in total. The van der Waals surface area contributed by atoms with Gasteiger partial charge in [-0.3, -0.25) is 0 Å². The van der Waals surface area contributed by atoms with Gasteiger partial charge >= 0.3 is 0 Å². The lowest BCUT2D eigenvalue weighted by atomic mass is 10.0. The molecular weight excluding hydrogens is 619 g/mol. The van der Waals surface area contributed by atoms with Gasteiger partial charge in [-0.25, -0.2) is 0 Å². The average molecular weight is 650 g/mol. The third-order valence-electron chi connectivity index (χ3n) is 10.6. The van der Waals surface area contributed by atoms with Crippen LogP contribution in [-0.2, 0) is 0 Å². The van der Waals surface area contributed by atoms with Gasteiger partial charge in [-0.05, 0) is 90.0 Å². The van der Waals surface area contributed by atoms with E-state index < -0.39 is 0 Å². The molecule has 0 bridgehead atoms. The lowest BCUT2D eigenvalue weighted by Crippen LogP contribution is -1.95. The molecule has 3 heterocycles. The Morgan fingerprint density at radius 1 is 0.235 bits per heavy atom. The molecule has 0 fully saturated rings. The highest BCUT2D eigenvalue weighted by Gasteiger charge is 2.20. The van der Waals surface area contributed by atoms with E-state index in [1.54, 1.807) is 0 Å². The van der Waals surface area contributed by atoms with Crippen molar-refractivity contribution in [1.29, 1.82) is 0 Å². The standard InChI is InChI=1S/C48H31N3/c1-3-15-34(16-4-1)49-41-23-10-7-20-37(41)40-31-33(26-27-44(40)49)32-14-13-19-36(30-32)51-43-25-12-9-22-39(43)48-46(51)29-28-45-47(48)38-21-8-11-24-42(38)50(45)35-17-5-2-6-18-35/h1-31H. The topological polar surface area (TPSA) is 14.8 Å². The minimum atomic E-state index is 1.15. The number of hydrogen-bond donors (Lipinski definition) is 0. The number of para-hydroxylation sites is 5. The first-order valence-electron chi connectivity index (χ1n) is 17.5. The summed E-state index contributed by atoms with van der Waals surface area (Å²) in [6, 6.07) is 68.3. The zero-order chi connectivity index (χ0) is 33.5. The van der Waals surface area contributed by atoms with Crippen LogP contribution in [0.3, 0.4) is 0 Å². The van der Waals surface area contributed by atoms with Gasteiger partial charge in [0.05, 0.1) is 33.1 Å². The van der Waals surface area contributed by atoms with Crippen molar-refractivity contribution in [3.63, 3.8) is 0 Å². The van der Waals surface area contributed by atoms with E-state index in [2.05, 4.69) is 202 Å². The van der Waals surface area contributed by atoms with Crippen LogP contribution < -0.4 is 0 Å². The Labute approximate surface area is 294 Å². The van der Waals surface area contributed by atoms with Crippen LogP contribution in [0.1, 0.15) is 0 Å². The summed E-state index contributed by atoms with van der Waals surface area (Å²) in [5, 5.41) is 7.62. The largest absolute Gasteiger partial charge is 0.309 e. The summed E-state index contributed by atoms with van der Waals surface area (Å²) >= 11 is 0. The van der Waals surface area contributed by atoms with Gasteiger partial charge in [-0.15, -0.1) is 0 Å². The molecule has 0 saturated heterocycles. The highest BCUT2D eigenvalue weighted by Crippen LogP contribution is 2.43. The third-order valence-corrected chi connectivity index (χ3v) is 10.6. The summed E-state index contributed by atoms with van der Waals surface area (Å²) in [5.41, 5.74) is 13.2. The first kappa shape index (κ1) is 28.0. The summed E-state index contributed by atoms with van der Waals surface area (Å²) in [6.45, 7) is 0. The van der Waals surface area contributed by atoms with Crippen molar-refractivity contribution in [2.24, 2.45) is 0 Å². The van der Waals surface area contributed by atoms with E-state index in [-0.39, 0.29) is 0 Å². The lowest BCUT2D eigenvalue weighted by Gasteiger charge is -2.11. The van der Waals surface area contributed by atoms with Crippen molar-refractivity contribution < 1.29 is 0 Å². The fourth-order valence-electron chi connectivity index (χ4n) is 8.48. The second kappa shape index (κ2) is 10.8. The Hall–Kier alpha value is -6.84. The van der Waals surface area contributed by atoms with Crippen LogP contribution in [0.5, 0.6) is 0 Å². The molecule has 0 saturated carbocycles. The van der Waals surface area contributed by atoms with E-state index >= 15 is 0 Å². The number of fused-ring (bicyclic) bond motifs is 10. The highest BCUT2D eigenvalue weighted by atomic mass is 15.0. The Kier molecular flexibility index (Phi) is 5.96. The molecule has 51 heavy (non-hydrogen) atoms. The van der Waals surface area contributed by atoms with E-state index in [4.69, 9.17) is 0 Å². The maximum atomic E-state index is 2.45. The summed E-state index contributed by atoms with van der Waals surface area (Å²) in [6.07, 6.45) is 0. The predicted molar refractivity (Wildman–Crippen MR) is 215 cm³/mol. The Morgan fingerprint density at radius 3 is 1.25 bits per heavy atom. The first-order valence-corrected chi connectivity index (χ1v) is 17.5. The van der Waals surface area contributed by atoms with E-state index in [0.29, 0.717) is 0 Å². The number of hydrogen-bond acceptors (Lipinski definition) is 0. The van der Waals surface area contributed by atoms with Crippen molar-refractivity contribution in [2.45, 2.75) is 0 Å². The van der Waals surface area contributed by atoms with Crippen molar-refractivity contribution in [3.8, 4) is 28.2 Å². The molecule has 11 aromatic rings. The molecule has 3 nitrogen and oxygen atoms in total. The molecule has 0 spiro atoms. The normalized spacial score (nSPS) is 11.9. The van der Waals surface area contributed by atoms with Crippen LogP contribution in [0.15, 0.2) is 188 Å². The number of rotatable bonds is 4. The maximum Gasteiger partial charge on any atom is 0.0548 e. The van der Waals surface area contributed by atoms with Gasteiger partial charge in [-0.1, -0.05) is 109 Å². The molecule has 0 aliphatic carbocycles. The second-order valence-electron chi connectivity index (χ2n) is 13.4. The molecule has 3 heteroatoms. The lowest BCUT2D eigenvalue weighted by molar-refractivity contribution is 1.17. The molecule has 0 amide bonds. The zero-order valence-corrected chi connectivity index (χ0v) is 27.7. The van der Waals surface area contributed by atoms with E-state index in [9.17, 15) is 0 Å². The van der Waals surface area contributed by atoms with Crippen molar-refractivity contribution in [1.82, 2.24) is 13.7 Å².